The Morgan fingerprint density at radius 3 is 2.67 bits per heavy atom. The second kappa shape index (κ2) is 7.28. The molecule has 0 atom stereocenters. The third kappa shape index (κ3) is 3.50. The van der Waals surface area contributed by atoms with Gasteiger partial charge in [-0.25, -0.2) is 0 Å². The maximum absolute atomic E-state index is 12.5. The molecule has 0 spiro atoms. The maximum atomic E-state index is 12.5. The predicted octanol–water partition coefficient (Wildman–Crippen LogP) is 0.834. The van der Waals surface area contributed by atoms with Crippen molar-refractivity contribution in [1.82, 2.24) is 20.2 Å². The molecule has 3 rings (SSSR count). The number of carbonyl (C=O) groups excluding carboxylic acids is 1. The first-order valence-corrected chi connectivity index (χ1v) is 7.93. The van der Waals surface area contributed by atoms with E-state index in [4.69, 9.17) is 15.2 Å². The summed E-state index contributed by atoms with van der Waals surface area (Å²) in [6.45, 7) is 0. The van der Waals surface area contributed by atoms with Crippen LogP contribution < -0.4 is 20.6 Å². The lowest BCUT2D eigenvalue weighted by atomic mass is 10.0. The number of aromatic amines is 1. The summed E-state index contributed by atoms with van der Waals surface area (Å²) in [4.78, 5) is 32.3. The Morgan fingerprint density at radius 1 is 1.22 bits per heavy atom. The van der Waals surface area contributed by atoms with Crippen molar-refractivity contribution in [2.24, 2.45) is 0 Å². The second-order valence-corrected chi connectivity index (χ2v) is 5.62. The van der Waals surface area contributed by atoms with Gasteiger partial charge in [0.25, 0.3) is 0 Å². The van der Waals surface area contributed by atoms with E-state index in [0.29, 0.717) is 17.1 Å². The topological polar surface area (TPSA) is 153 Å². The highest BCUT2D eigenvalue weighted by Gasteiger charge is 2.16. The largest absolute Gasteiger partial charge is 0.493 e. The number of ether oxygens (including phenoxy) is 2. The molecule has 2 heterocycles. The average molecular weight is 371 g/mol. The van der Waals surface area contributed by atoms with Gasteiger partial charge in [-0.1, -0.05) is 0 Å². The van der Waals surface area contributed by atoms with E-state index in [1.807, 2.05) is 0 Å². The molecule has 0 bridgehead atoms. The molecule has 140 valence electrons. The number of aryl methyl sites for hydroxylation is 1. The molecule has 0 saturated carbocycles. The number of carbonyl (C=O) groups is 1. The molecule has 27 heavy (non-hydrogen) atoms. The third-order valence-corrected chi connectivity index (χ3v) is 3.99. The monoisotopic (exact) mass is 371 g/mol. The van der Waals surface area contributed by atoms with Crippen molar-refractivity contribution in [3.05, 3.63) is 39.7 Å². The smallest absolute Gasteiger partial charge is 0.229 e. The minimum absolute atomic E-state index is 0.0277. The molecule has 10 heteroatoms. The number of nitrogens with two attached hydrogens (primary N) is 1. The van der Waals surface area contributed by atoms with E-state index >= 15 is 0 Å². The molecule has 0 amide bonds. The summed E-state index contributed by atoms with van der Waals surface area (Å²) in [6, 6.07) is 4.82. The van der Waals surface area contributed by atoms with Crippen LogP contribution in [0, 0.1) is 0 Å². The van der Waals surface area contributed by atoms with Crippen molar-refractivity contribution in [1.29, 1.82) is 0 Å². The number of rotatable bonds is 6. The number of methoxy groups -OCH3 is 2. The van der Waals surface area contributed by atoms with Crippen LogP contribution in [0.5, 0.6) is 17.4 Å². The van der Waals surface area contributed by atoms with Gasteiger partial charge in [-0.3, -0.25) is 14.7 Å². The summed E-state index contributed by atoms with van der Waals surface area (Å²) in [5, 5.41) is 16.2. The number of Topliss-reactive ketones (excluding diaryl/α,β-unsaturated/α-hetero) is 1. The molecule has 0 radical (unpaired) electrons. The molecule has 0 aliphatic carbocycles. The van der Waals surface area contributed by atoms with Gasteiger partial charge in [0.15, 0.2) is 22.9 Å². The van der Waals surface area contributed by atoms with Crippen molar-refractivity contribution in [2.45, 2.75) is 12.8 Å². The van der Waals surface area contributed by atoms with Crippen LogP contribution in [-0.2, 0) is 6.42 Å². The SMILES string of the molecule is COc1ccc(C(=O)CCc2n[nH]c3nc(N)nc(O)c3c2=O)cc1OC. The molecular weight excluding hydrogens is 354 g/mol. The van der Waals surface area contributed by atoms with Crippen molar-refractivity contribution < 1.29 is 19.4 Å². The van der Waals surface area contributed by atoms with Crippen LogP contribution >= 0.6 is 0 Å². The van der Waals surface area contributed by atoms with Crippen LogP contribution in [0.3, 0.4) is 0 Å². The number of hydrogen-bond donors (Lipinski definition) is 3. The van der Waals surface area contributed by atoms with Crippen molar-refractivity contribution in [2.75, 3.05) is 20.0 Å². The Hall–Kier alpha value is -3.69. The van der Waals surface area contributed by atoms with E-state index in [0.717, 1.165) is 0 Å². The van der Waals surface area contributed by atoms with Gasteiger partial charge < -0.3 is 20.3 Å². The van der Waals surface area contributed by atoms with Crippen LogP contribution in [-0.4, -0.2) is 45.3 Å². The van der Waals surface area contributed by atoms with Gasteiger partial charge in [-0.2, -0.15) is 15.1 Å². The lowest BCUT2D eigenvalue weighted by molar-refractivity contribution is 0.0982. The maximum Gasteiger partial charge on any atom is 0.229 e. The van der Waals surface area contributed by atoms with Gasteiger partial charge in [0, 0.05) is 18.4 Å². The molecule has 3 aromatic rings. The zero-order chi connectivity index (χ0) is 19.6. The first-order chi connectivity index (χ1) is 12.9. The number of nitrogen functional groups attached to an aromatic ring is 1. The van der Waals surface area contributed by atoms with Gasteiger partial charge in [-0.15, -0.1) is 0 Å². The molecule has 10 nitrogen and oxygen atoms in total. The lowest BCUT2D eigenvalue weighted by Gasteiger charge is -2.09. The van der Waals surface area contributed by atoms with Crippen LogP contribution in [0.25, 0.3) is 11.0 Å². The second-order valence-electron chi connectivity index (χ2n) is 5.62. The number of benzene rings is 1. The minimum Gasteiger partial charge on any atom is -0.493 e. The standard InChI is InChI=1S/C17H17N5O5/c1-26-11-6-3-8(7-12(11)27-2)10(23)5-4-9-14(24)13-15(22-21-9)19-17(18)20-16(13)25/h3,6-7H,4-5H2,1-2H3,(H4,18,19,20,22,24,25). The number of hydrogen-bond acceptors (Lipinski definition) is 9. The van der Waals surface area contributed by atoms with E-state index in [9.17, 15) is 14.7 Å². The summed E-state index contributed by atoms with van der Waals surface area (Å²) in [5.74, 6) is 0.0265. The molecule has 1 aromatic carbocycles. The van der Waals surface area contributed by atoms with E-state index in [1.165, 1.54) is 14.2 Å². The fraction of sp³-hybridized carbons (Fsp3) is 0.235. The first kappa shape index (κ1) is 18.1. The van der Waals surface area contributed by atoms with Gasteiger partial charge >= 0.3 is 0 Å². The Kier molecular flexibility index (Phi) is 4.88. The summed E-state index contributed by atoms with van der Waals surface area (Å²) in [7, 11) is 2.98. The third-order valence-electron chi connectivity index (χ3n) is 3.99. The van der Waals surface area contributed by atoms with Gasteiger partial charge in [0.05, 0.1) is 14.2 Å². The number of nitrogens with one attached hydrogen (secondary N) is 1. The van der Waals surface area contributed by atoms with Crippen LogP contribution in [0.2, 0.25) is 0 Å². The number of ketones is 1. The normalized spacial score (nSPS) is 10.7. The molecular formula is C17H17N5O5. The van der Waals surface area contributed by atoms with Crippen molar-refractivity contribution >= 4 is 22.8 Å². The Bertz CT molecular complexity index is 1080. The highest BCUT2D eigenvalue weighted by atomic mass is 16.5. The number of aromatic hydroxyl groups is 1. The van der Waals surface area contributed by atoms with Crippen molar-refractivity contribution in [3.63, 3.8) is 0 Å². The number of H-pyrrole nitrogens is 1. The molecule has 0 aliphatic heterocycles. The predicted molar refractivity (Wildman–Crippen MR) is 96.2 cm³/mol. The molecule has 0 fully saturated rings. The quantitative estimate of drug-likeness (QED) is 0.535. The summed E-state index contributed by atoms with van der Waals surface area (Å²) < 4.78 is 10.3. The van der Waals surface area contributed by atoms with Gasteiger partial charge in [0.2, 0.25) is 17.3 Å². The number of anilines is 1. The van der Waals surface area contributed by atoms with Gasteiger partial charge in [0.1, 0.15) is 11.1 Å². The fourth-order valence-corrected chi connectivity index (χ4v) is 2.63. The zero-order valence-electron chi connectivity index (χ0n) is 14.6. The van der Waals surface area contributed by atoms with Gasteiger partial charge in [-0.05, 0) is 18.2 Å². The van der Waals surface area contributed by atoms with E-state index < -0.39 is 11.3 Å². The van der Waals surface area contributed by atoms with Crippen LogP contribution in [0.15, 0.2) is 23.0 Å². The molecule has 0 saturated heterocycles. The van der Waals surface area contributed by atoms with Crippen molar-refractivity contribution in [3.8, 4) is 17.4 Å². The van der Waals surface area contributed by atoms with Crippen LogP contribution in [0.4, 0.5) is 5.95 Å². The van der Waals surface area contributed by atoms with E-state index in [2.05, 4.69) is 20.2 Å². The first-order valence-electron chi connectivity index (χ1n) is 7.93. The minimum atomic E-state index is -0.554. The summed E-state index contributed by atoms with van der Waals surface area (Å²) >= 11 is 0. The molecule has 4 N–H and O–H groups in total. The Labute approximate surface area is 153 Å². The Morgan fingerprint density at radius 2 is 1.96 bits per heavy atom. The molecule has 0 aliphatic rings. The van der Waals surface area contributed by atoms with Crippen LogP contribution in [0.1, 0.15) is 22.5 Å². The highest BCUT2D eigenvalue weighted by molar-refractivity contribution is 5.96. The number of fused-ring (bicyclic) bond motifs is 1. The van der Waals surface area contributed by atoms with E-state index in [1.54, 1.807) is 18.2 Å². The highest BCUT2D eigenvalue weighted by Crippen LogP contribution is 2.28. The Balaban J connectivity index is 1.84. The lowest BCUT2D eigenvalue weighted by Crippen LogP contribution is -2.17. The van der Waals surface area contributed by atoms with E-state index in [-0.39, 0.29) is 41.3 Å². The fourth-order valence-electron chi connectivity index (χ4n) is 2.63. The summed E-state index contributed by atoms with van der Waals surface area (Å²) in [5.41, 5.74) is 5.40. The average Bonchev–Trinajstić information content (AvgIpc) is 2.66. The molecule has 2 aromatic heterocycles. The zero-order valence-corrected chi connectivity index (χ0v) is 14.6. The molecule has 0 unspecified atom stereocenters. The number of nitrogens with zero attached hydrogens (tertiary/aromatic N) is 3. The summed E-state index contributed by atoms with van der Waals surface area (Å²) in [6.07, 6.45) is 0.107. The number of aromatic nitrogens is 4.